The first-order chi connectivity index (χ1) is 8.08. The van der Waals surface area contributed by atoms with E-state index in [0.717, 1.165) is 5.82 Å². The van der Waals surface area contributed by atoms with E-state index < -0.39 is 11.2 Å². The zero-order chi connectivity index (χ0) is 12.6. The number of hydrogen-bond acceptors (Lipinski definition) is 5. The van der Waals surface area contributed by atoms with Gasteiger partial charge in [0.05, 0.1) is 0 Å². The fourth-order valence-corrected chi connectivity index (χ4v) is 3.26. The van der Waals surface area contributed by atoms with Crippen molar-refractivity contribution in [3.05, 3.63) is 16.2 Å². The number of rotatable bonds is 3. The Morgan fingerprint density at radius 3 is 2.65 bits per heavy atom. The van der Waals surface area contributed by atoms with E-state index in [1.165, 1.54) is 11.3 Å². The molecule has 0 fully saturated rings. The molecule has 5 nitrogen and oxygen atoms in total. The zero-order valence-electron chi connectivity index (χ0n) is 9.89. The zero-order valence-corrected chi connectivity index (χ0v) is 11.5. The second-order valence-corrected chi connectivity index (χ2v) is 6.05. The van der Waals surface area contributed by atoms with Crippen LogP contribution in [0.2, 0.25) is 0 Å². The van der Waals surface area contributed by atoms with E-state index in [1.54, 1.807) is 10.8 Å². The molecule has 0 saturated carbocycles. The minimum absolute atomic E-state index is 0.137. The third-order valence-corrected chi connectivity index (χ3v) is 4.74. The highest BCUT2D eigenvalue weighted by molar-refractivity contribution is 7.92. The monoisotopic (exact) mass is 271 g/mol. The first-order valence-corrected chi connectivity index (χ1v) is 7.69. The third kappa shape index (κ3) is 2.10. The molecule has 1 atom stereocenters. The van der Waals surface area contributed by atoms with Crippen molar-refractivity contribution in [2.45, 2.75) is 31.2 Å². The molecule has 2 heterocycles. The van der Waals surface area contributed by atoms with Crippen LogP contribution in [0.25, 0.3) is 10.3 Å². The van der Waals surface area contributed by atoms with Crippen LogP contribution in [0.3, 0.4) is 0 Å². The van der Waals surface area contributed by atoms with Gasteiger partial charge in [-0.1, -0.05) is 6.92 Å². The van der Waals surface area contributed by atoms with Crippen molar-refractivity contribution in [2.24, 2.45) is 0 Å². The predicted molar refractivity (Wildman–Crippen MR) is 69.1 cm³/mol. The van der Waals surface area contributed by atoms with E-state index in [1.807, 2.05) is 13.8 Å². The van der Waals surface area contributed by atoms with E-state index >= 15 is 0 Å². The lowest BCUT2D eigenvalue weighted by molar-refractivity contribution is 0.600. The molecule has 2 rings (SSSR count). The standard InChI is InChI=1S/C10H13N3O2S2/c1-4-6-11-8-7(9(14)13(6)5-2)12-10(16-8)17(3)15/h4-5H2,1-3H3. The van der Waals surface area contributed by atoms with E-state index in [-0.39, 0.29) is 5.56 Å². The summed E-state index contributed by atoms with van der Waals surface area (Å²) < 4.78 is 13.4. The van der Waals surface area contributed by atoms with Crippen molar-refractivity contribution in [3.63, 3.8) is 0 Å². The number of fused-ring (bicyclic) bond motifs is 1. The number of aryl methyl sites for hydroxylation is 1. The van der Waals surface area contributed by atoms with Crippen molar-refractivity contribution >= 4 is 32.9 Å². The van der Waals surface area contributed by atoms with Gasteiger partial charge in [-0.2, -0.15) is 4.98 Å². The van der Waals surface area contributed by atoms with Gasteiger partial charge in [0.15, 0.2) is 10.3 Å². The van der Waals surface area contributed by atoms with Gasteiger partial charge in [-0.25, -0.2) is 4.98 Å². The summed E-state index contributed by atoms with van der Waals surface area (Å²) in [5.74, 6) is 0.752. The lowest BCUT2D eigenvalue weighted by Gasteiger charge is -2.06. The summed E-state index contributed by atoms with van der Waals surface area (Å²) in [4.78, 5) is 21.3. The molecule has 0 amide bonds. The molecule has 0 aliphatic rings. The van der Waals surface area contributed by atoms with Crippen molar-refractivity contribution < 1.29 is 4.55 Å². The molecular formula is C10H13N3O2S2. The summed E-state index contributed by atoms with van der Waals surface area (Å²) in [7, 11) is 0. The van der Waals surface area contributed by atoms with Gasteiger partial charge in [-0.05, 0) is 18.3 Å². The molecule has 0 spiro atoms. The molecule has 7 heteroatoms. The van der Waals surface area contributed by atoms with Crippen LogP contribution < -0.4 is 5.56 Å². The lowest BCUT2D eigenvalue weighted by Crippen LogP contribution is -2.24. The summed E-state index contributed by atoms with van der Waals surface area (Å²) in [6.07, 6.45) is 2.25. The minimum Gasteiger partial charge on any atom is -0.610 e. The molecule has 17 heavy (non-hydrogen) atoms. The topological polar surface area (TPSA) is 70.8 Å². The fourth-order valence-electron chi connectivity index (χ4n) is 1.65. The fraction of sp³-hybridized carbons (Fsp3) is 0.500. The molecule has 0 aromatic carbocycles. The molecule has 2 aromatic heterocycles. The normalized spacial score (nSPS) is 13.2. The molecular weight excluding hydrogens is 258 g/mol. The average Bonchev–Trinajstić information content (AvgIpc) is 2.73. The molecule has 0 radical (unpaired) electrons. The van der Waals surface area contributed by atoms with E-state index in [9.17, 15) is 9.35 Å². The van der Waals surface area contributed by atoms with Gasteiger partial charge >= 0.3 is 4.34 Å². The highest BCUT2D eigenvalue weighted by Crippen LogP contribution is 2.21. The second kappa shape index (κ2) is 4.75. The predicted octanol–water partition coefficient (Wildman–Crippen LogP) is 1.17. The van der Waals surface area contributed by atoms with Crippen molar-refractivity contribution in [1.82, 2.24) is 14.5 Å². The highest BCUT2D eigenvalue weighted by atomic mass is 32.2. The third-order valence-electron chi connectivity index (χ3n) is 2.46. The van der Waals surface area contributed by atoms with E-state index in [4.69, 9.17) is 0 Å². The Morgan fingerprint density at radius 1 is 1.41 bits per heavy atom. The Labute approximate surface area is 106 Å². The van der Waals surface area contributed by atoms with Gasteiger partial charge in [-0.3, -0.25) is 9.36 Å². The van der Waals surface area contributed by atoms with Gasteiger partial charge in [0.2, 0.25) is 0 Å². The smallest absolute Gasteiger partial charge is 0.304 e. The Balaban J connectivity index is 2.77. The van der Waals surface area contributed by atoms with Crippen LogP contribution in [0.1, 0.15) is 19.7 Å². The van der Waals surface area contributed by atoms with Gasteiger partial charge in [-0.15, -0.1) is 0 Å². The first kappa shape index (κ1) is 12.5. The van der Waals surface area contributed by atoms with Crippen LogP contribution in [0.15, 0.2) is 9.13 Å². The largest absolute Gasteiger partial charge is 0.610 e. The molecule has 0 bridgehead atoms. The van der Waals surface area contributed by atoms with E-state index in [2.05, 4.69) is 9.97 Å². The Morgan fingerprint density at radius 2 is 2.12 bits per heavy atom. The van der Waals surface area contributed by atoms with Crippen LogP contribution >= 0.6 is 11.3 Å². The Bertz CT molecular complexity index is 603. The van der Waals surface area contributed by atoms with Crippen molar-refractivity contribution in [1.29, 1.82) is 0 Å². The maximum atomic E-state index is 12.1. The van der Waals surface area contributed by atoms with Gasteiger partial charge < -0.3 is 4.55 Å². The first-order valence-electron chi connectivity index (χ1n) is 5.32. The molecule has 0 aliphatic heterocycles. The number of thiazole rings is 1. The summed E-state index contributed by atoms with van der Waals surface area (Å²) in [6, 6.07) is 0. The SMILES string of the molecule is CCc1nc2sc([S+](C)[O-])nc2c(=O)n1CC. The maximum absolute atomic E-state index is 12.1. The average molecular weight is 271 g/mol. The molecule has 0 N–H and O–H groups in total. The summed E-state index contributed by atoms with van der Waals surface area (Å²) in [6.45, 7) is 4.44. The van der Waals surface area contributed by atoms with Crippen LogP contribution in [0.4, 0.5) is 0 Å². The molecule has 2 aromatic rings. The number of aromatic nitrogens is 3. The quantitative estimate of drug-likeness (QED) is 0.786. The summed E-state index contributed by atoms with van der Waals surface area (Å²) in [5.41, 5.74) is 0.196. The summed E-state index contributed by atoms with van der Waals surface area (Å²) >= 11 is 0.0648. The van der Waals surface area contributed by atoms with Gasteiger partial charge in [0, 0.05) is 24.1 Å². The lowest BCUT2D eigenvalue weighted by atomic mass is 10.4. The molecule has 1 unspecified atom stereocenters. The van der Waals surface area contributed by atoms with Crippen molar-refractivity contribution in [3.8, 4) is 0 Å². The maximum Gasteiger partial charge on any atom is 0.304 e. The molecule has 92 valence electrons. The van der Waals surface area contributed by atoms with Gasteiger partial charge in [0.1, 0.15) is 12.1 Å². The van der Waals surface area contributed by atoms with E-state index in [0.29, 0.717) is 27.7 Å². The van der Waals surface area contributed by atoms with Crippen LogP contribution in [0, 0.1) is 0 Å². The molecule has 0 aliphatic carbocycles. The summed E-state index contributed by atoms with van der Waals surface area (Å²) in [5, 5.41) is 0. The second-order valence-electron chi connectivity index (χ2n) is 3.52. The minimum atomic E-state index is -1.17. The van der Waals surface area contributed by atoms with Crippen LogP contribution in [0.5, 0.6) is 0 Å². The number of nitrogens with zero attached hydrogens (tertiary/aromatic N) is 3. The Hall–Kier alpha value is -0.920. The highest BCUT2D eigenvalue weighted by Gasteiger charge is 2.18. The van der Waals surface area contributed by atoms with Crippen LogP contribution in [-0.4, -0.2) is 25.3 Å². The van der Waals surface area contributed by atoms with Gasteiger partial charge in [0.25, 0.3) is 5.56 Å². The van der Waals surface area contributed by atoms with Crippen molar-refractivity contribution in [2.75, 3.05) is 6.26 Å². The number of hydrogen-bond donors (Lipinski definition) is 0. The molecule has 0 saturated heterocycles. The Kier molecular flexibility index (Phi) is 3.50. The van der Waals surface area contributed by atoms with Crippen LogP contribution in [-0.2, 0) is 24.1 Å².